The van der Waals surface area contributed by atoms with Crippen LogP contribution in [0, 0.1) is 3.95 Å². The Labute approximate surface area is 94.7 Å². The van der Waals surface area contributed by atoms with Crippen molar-refractivity contribution in [1.29, 1.82) is 0 Å². The van der Waals surface area contributed by atoms with E-state index in [1.54, 1.807) is 0 Å². The number of carbonyl (C=O) groups is 1. The Morgan fingerprint density at radius 2 is 2.47 bits per heavy atom. The molecule has 0 aliphatic heterocycles. The van der Waals surface area contributed by atoms with E-state index in [9.17, 15) is 14.3 Å². The molecule has 7 heteroatoms. The van der Waals surface area contributed by atoms with Crippen molar-refractivity contribution in [3.05, 3.63) is 15.0 Å². The summed E-state index contributed by atoms with van der Waals surface area (Å²) >= 11 is 5.81. The molecular weight excluding hydrogens is 241 g/mol. The summed E-state index contributed by atoms with van der Waals surface area (Å²) in [4.78, 5) is 13.8. The lowest BCUT2D eigenvalue weighted by atomic mass is 9.99. The third kappa shape index (κ3) is 2.42. The highest BCUT2D eigenvalue weighted by Gasteiger charge is 2.41. The Bertz CT molecular complexity index is 412. The predicted molar refractivity (Wildman–Crippen MR) is 56.0 cm³/mol. The zero-order valence-corrected chi connectivity index (χ0v) is 9.75. The second-order valence-corrected chi connectivity index (χ2v) is 4.79. The Morgan fingerprint density at radius 1 is 1.87 bits per heavy atom. The van der Waals surface area contributed by atoms with Gasteiger partial charge in [-0.05, 0) is 19.1 Å². The van der Waals surface area contributed by atoms with E-state index in [2.05, 4.69) is 9.72 Å². The molecule has 2 N–H and O–H groups in total. The lowest BCUT2D eigenvalue weighted by molar-refractivity contribution is -0.157. The average Bonchev–Trinajstić information content (AvgIpc) is 2.63. The zero-order chi connectivity index (χ0) is 11.6. The van der Waals surface area contributed by atoms with E-state index in [4.69, 9.17) is 12.2 Å². The lowest BCUT2D eigenvalue weighted by Crippen LogP contribution is -2.39. The monoisotopic (exact) mass is 251 g/mol. The molecular formula is C8H10FNO3S2. The highest BCUT2D eigenvalue weighted by molar-refractivity contribution is 7.73. The number of esters is 1. The lowest BCUT2D eigenvalue weighted by Gasteiger charge is -2.23. The number of rotatable bonds is 3. The van der Waals surface area contributed by atoms with Gasteiger partial charge in [-0.3, -0.25) is 0 Å². The number of aromatic nitrogens is 1. The minimum Gasteiger partial charge on any atom is -0.467 e. The Balaban J connectivity index is 3.01. The van der Waals surface area contributed by atoms with Crippen LogP contribution in [0.5, 0.6) is 0 Å². The number of thiazole rings is 1. The number of aliphatic hydroxyl groups is 1. The van der Waals surface area contributed by atoms with Crippen LogP contribution < -0.4 is 0 Å². The summed E-state index contributed by atoms with van der Waals surface area (Å²) in [5.41, 5.74) is -1.93. The summed E-state index contributed by atoms with van der Waals surface area (Å²) in [7, 11) is 1.06. The van der Waals surface area contributed by atoms with Crippen molar-refractivity contribution < 1.29 is 19.0 Å². The van der Waals surface area contributed by atoms with Crippen LogP contribution in [0.3, 0.4) is 0 Å². The van der Waals surface area contributed by atoms with Crippen LogP contribution >= 0.6 is 23.6 Å². The van der Waals surface area contributed by atoms with Crippen LogP contribution in [0.4, 0.5) is 4.39 Å². The number of alkyl halides is 1. The van der Waals surface area contributed by atoms with Gasteiger partial charge in [0, 0.05) is 6.20 Å². The molecule has 0 bridgehead atoms. The molecule has 0 aromatic carbocycles. The first-order chi connectivity index (χ1) is 6.89. The minimum absolute atomic E-state index is 0.255. The van der Waals surface area contributed by atoms with Crippen molar-refractivity contribution in [3.8, 4) is 0 Å². The number of ether oxygens (including phenoxy) is 1. The number of methoxy groups -OCH3 is 1. The summed E-state index contributed by atoms with van der Waals surface area (Å²) in [5.74, 6) is -1.11. The van der Waals surface area contributed by atoms with Gasteiger partial charge in [0.15, 0.2) is 3.95 Å². The molecule has 4 nitrogen and oxygen atoms in total. The Kier molecular flexibility index (Phi) is 3.58. The van der Waals surface area contributed by atoms with Crippen LogP contribution in [-0.4, -0.2) is 29.3 Å². The first-order valence-electron chi connectivity index (χ1n) is 4.03. The maximum Gasteiger partial charge on any atom is 0.343 e. The summed E-state index contributed by atoms with van der Waals surface area (Å²) in [6.45, 7) is 1.20. The number of carbonyl (C=O) groups excluding carboxylic acids is 1. The molecule has 1 rings (SSSR count). The third-order valence-electron chi connectivity index (χ3n) is 1.92. The van der Waals surface area contributed by atoms with E-state index < -0.39 is 17.7 Å². The molecule has 1 aromatic rings. The molecule has 15 heavy (non-hydrogen) atoms. The van der Waals surface area contributed by atoms with E-state index in [1.807, 2.05) is 0 Å². The van der Waals surface area contributed by atoms with Crippen molar-refractivity contribution in [2.24, 2.45) is 0 Å². The van der Waals surface area contributed by atoms with Gasteiger partial charge in [-0.15, -0.1) is 11.3 Å². The number of aromatic amines is 1. The van der Waals surface area contributed by atoms with E-state index >= 15 is 0 Å². The summed E-state index contributed by atoms with van der Waals surface area (Å²) < 4.78 is 18.1. The highest BCUT2D eigenvalue weighted by atomic mass is 32.1. The molecule has 0 amide bonds. The van der Waals surface area contributed by atoms with Crippen molar-refractivity contribution in [2.75, 3.05) is 7.11 Å². The van der Waals surface area contributed by atoms with Crippen LogP contribution in [0.2, 0.25) is 0 Å². The molecule has 1 aromatic heterocycles. The van der Waals surface area contributed by atoms with E-state index in [0.29, 0.717) is 3.95 Å². The molecule has 1 heterocycles. The number of nitrogens with one attached hydrogen (secondary N) is 1. The highest BCUT2D eigenvalue weighted by Crippen LogP contribution is 2.30. The summed E-state index contributed by atoms with van der Waals surface area (Å²) in [5, 5.41) is 9.84. The largest absolute Gasteiger partial charge is 0.467 e. The van der Waals surface area contributed by atoms with Gasteiger partial charge in [0.2, 0.25) is 6.17 Å². The van der Waals surface area contributed by atoms with Gasteiger partial charge in [-0.1, -0.05) is 0 Å². The standard InChI is InChI=1S/C8H10FNO3S2/c1-8(12,5(9)6(11)13-2)4-3-10-7(14)15-4/h3,5,12H,1-2H3,(H,10,14). The first-order valence-corrected chi connectivity index (χ1v) is 5.25. The fourth-order valence-electron chi connectivity index (χ4n) is 0.991. The van der Waals surface area contributed by atoms with Crippen LogP contribution in [0.15, 0.2) is 6.20 Å². The van der Waals surface area contributed by atoms with Crippen molar-refractivity contribution in [3.63, 3.8) is 0 Å². The summed E-state index contributed by atoms with van der Waals surface area (Å²) in [6.07, 6.45) is -0.758. The molecule has 0 aliphatic rings. The Hall–Kier alpha value is -0.790. The topological polar surface area (TPSA) is 62.3 Å². The molecule has 2 atom stereocenters. The van der Waals surface area contributed by atoms with Crippen molar-refractivity contribution >= 4 is 29.5 Å². The van der Waals surface area contributed by atoms with Crippen LogP contribution in [0.1, 0.15) is 11.8 Å². The maximum absolute atomic E-state index is 13.5. The zero-order valence-electron chi connectivity index (χ0n) is 8.11. The molecule has 0 radical (unpaired) electrons. The molecule has 84 valence electrons. The van der Waals surface area contributed by atoms with Crippen LogP contribution in [0.25, 0.3) is 0 Å². The van der Waals surface area contributed by atoms with Gasteiger partial charge in [-0.25, -0.2) is 9.18 Å². The summed E-state index contributed by atoms with van der Waals surface area (Å²) in [6, 6.07) is 0. The number of halogens is 1. The van der Waals surface area contributed by atoms with Gasteiger partial charge in [0.1, 0.15) is 5.60 Å². The van der Waals surface area contributed by atoms with Gasteiger partial charge < -0.3 is 14.8 Å². The van der Waals surface area contributed by atoms with Gasteiger partial charge >= 0.3 is 5.97 Å². The first kappa shape index (κ1) is 12.3. The second kappa shape index (κ2) is 4.38. The smallest absolute Gasteiger partial charge is 0.343 e. The van der Waals surface area contributed by atoms with E-state index in [1.165, 1.54) is 13.1 Å². The fourth-order valence-corrected chi connectivity index (χ4v) is 2.06. The van der Waals surface area contributed by atoms with Gasteiger partial charge in [-0.2, -0.15) is 0 Å². The molecule has 0 aliphatic carbocycles. The normalized spacial score (nSPS) is 16.8. The Morgan fingerprint density at radius 3 is 2.87 bits per heavy atom. The second-order valence-electron chi connectivity index (χ2n) is 3.08. The average molecular weight is 251 g/mol. The quantitative estimate of drug-likeness (QED) is 0.631. The third-order valence-corrected chi connectivity index (χ3v) is 3.35. The molecule has 0 saturated heterocycles. The minimum atomic E-state index is -2.14. The molecule has 0 saturated carbocycles. The number of hydrogen-bond acceptors (Lipinski definition) is 5. The predicted octanol–water partition coefficient (Wildman–Crippen LogP) is 1.52. The van der Waals surface area contributed by atoms with E-state index in [0.717, 1.165) is 18.4 Å². The fraction of sp³-hybridized carbons (Fsp3) is 0.500. The van der Waals surface area contributed by atoms with Gasteiger partial charge in [0.25, 0.3) is 0 Å². The van der Waals surface area contributed by atoms with Crippen LogP contribution in [-0.2, 0) is 15.1 Å². The number of hydrogen-bond donors (Lipinski definition) is 2. The number of H-pyrrole nitrogens is 1. The van der Waals surface area contributed by atoms with E-state index in [-0.39, 0.29) is 4.88 Å². The molecule has 0 spiro atoms. The van der Waals surface area contributed by atoms with Crippen molar-refractivity contribution in [2.45, 2.75) is 18.7 Å². The maximum atomic E-state index is 13.5. The molecule has 2 unspecified atom stereocenters. The van der Waals surface area contributed by atoms with Crippen molar-refractivity contribution in [1.82, 2.24) is 4.98 Å². The SMILES string of the molecule is COC(=O)C(F)C(C)(O)c1c[nH]c(=S)s1. The van der Waals surface area contributed by atoms with Gasteiger partial charge in [0.05, 0.1) is 12.0 Å². The molecule has 0 fully saturated rings.